The normalized spacial score (nSPS) is 10.6. The van der Waals surface area contributed by atoms with Crippen LogP contribution in [0.2, 0.25) is 0 Å². The van der Waals surface area contributed by atoms with E-state index in [0.29, 0.717) is 18.5 Å². The minimum Gasteiger partial charge on any atom is -0.507 e. The van der Waals surface area contributed by atoms with Crippen molar-refractivity contribution >= 4 is 15.9 Å². The number of unbranched alkanes of at least 4 members (excludes halogenated alkanes) is 1. The van der Waals surface area contributed by atoms with E-state index in [2.05, 4.69) is 15.9 Å². The van der Waals surface area contributed by atoms with Crippen LogP contribution in [0.5, 0.6) is 11.5 Å². The van der Waals surface area contributed by atoms with Gasteiger partial charge in [-0.05, 0) is 36.6 Å². The number of aromatic hydroxyl groups is 1. The first-order chi connectivity index (χ1) is 10.7. The maximum Gasteiger partial charge on any atom is 0.257 e. The van der Waals surface area contributed by atoms with Crippen LogP contribution in [0, 0.1) is 0 Å². The molecule has 118 valence electrons. The van der Waals surface area contributed by atoms with Crippen molar-refractivity contribution in [2.45, 2.75) is 25.8 Å². The van der Waals surface area contributed by atoms with Crippen LogP contribution in [-0.2, 0) is 13.0 Å². The van der Waals surface area contributed by atoms with Gasteiger partial charge in [-0.2, -0.15) is 0 Å². The van der Waals surface area contributed by atoms with Gasteiger partial charge < -0.3 is 14.4 Å². The SMILES string of the molecule is COc1ccc(Cc2c(O)ccn(CCCCBr)c2=O)cc1. The molecule has 4 nitrogen and oxygen atoms in total. The molecule has 5 heteroatoms. The molecule has 0 spiro atoms. The van der Waals surface area contributed by atoms with Crippen molar-refractivity contribution in [2.24, 2.45) is 0 Å². The first kappa shape index (κ1) is 16.6. The molecule has 2 aromatic rings. The highest BCUT2D eigenvalue weighted by Gasteiger charge is 2.10. The quantitative estimate of drug-likeness (QED) is 0.604. The molecule has 0 amide bonds. The van der Waals surface area contributed by atoms with Gasteiger partial charge in [-0.3, -0.25) is 4.79 Å². The van der Waals surface area contributed by atoms with E-state index in [1.165, 1.54) is 0 Å². The number of hydrogen-bond donors (Lipinski definition) is 1. The van der Waals surface area contributed by atoms with Gasteiger partial charge in [0, 0.05) is 24.5 Å². The Bertz CT molecular complexity index is 665. The molecule has 0 aliphatic rings. The third-order valence-electron chi connectivity index (χ3n) is 3.56. The monoisotopic (exact) mass is 365 g/mol. The fourth-order valence-electron chi connectivity index (χ4n) is 2.28. The van der Waals surface area contributed by atoms with Crippen molar-refractivity contribution in [1.29, 1.82) is 0 Å². The zero-order chi connectivity index (χ0) is 15.9. The molecule has 1 N–H and O–H groups in total. The fraction of sp³-hybridized carbons (Fsp3) is 0.353. The van der Waals surface area contributed by atoms with E-state index in [9.17, 15) is 9.90 Å². The van der Waals surface area contributed by atoms with Gasteiger partial charge in [0.25, 0.3) is 5.56 Å². The molecule has 0 fully saturated rings. The van der Waals surface area contributed by atoms with E-state index in [-0.39, 0.29) is 11.3 Å². The summed E-state index contributed by atoms with van der Waals surface area (Å²) < 4.78 is 6.79. The Labute approximate surface area is 138 Å². The van der Waals surface area contributed by atoms with Gasteiger partial charge in [-0.15, -0.1) is 0 Å². The molecule has 0 saturated carbocycles. The Kier molecular flexibility index (Phi) is 6.07. The minimum atomic E-state index is -0.120. The largest absolute Gasteiger partial charge is 0.507 e. The molecule has 22 heavy (non-hydrogen) atoms. The number of rotatable bonds is 7. The zero-order valence-corrected chi connectivity index (χ0v) is 14.2. The standard InChI is InChI=1S/C17H20BrNO3/c1-22-14-6-4-13(5-7-14)12-15-16(20)8-11-19(17(15)21)10-3-2-9-18/h4-8,11,20H,2-3,9-10,12H2,1H3. The van der Waals surface area contributed by atoms with Gasteiger partial charge in [-0.25, -0.2) is 0 Å². The number of alkyl halides is 1. The van der Waals surface area contributed by atoms with E-state index in [0.717, 1.165) is 29.5 Å². The van der Waals surface area contributed by atoms with Gasteiger partial charge >= 0.3 is 0 Å². The molecule has 0 radical (unpaired) electrons. The fourth-order valence-corrected chi connectivity index (χ4v) is 2.67. The molecule has 0 unspecified atom stereocenters. The van der Waals surface area contributed by atoms with Crippen molar-refractivity contribution in [2.75, 3.05) is 12.4 Å². The molecule has 0 saturated heterocycles. The number of benzene rings is 1. The number of nitrogens with zero attached hydrogens (tertiary/aromatic N) is 1. The third kappa shape index (κ3) is 4.13. The Morgan fingerprint density at radius 3 is 2.55 bits per heavy atom. The summed E-state index contributed by atoms with van der Waals surface area (Å²) in [6, 6.07) is 9.10. The summed E-state index contributed by atoms with van der Waals surface area (Å²) in [5.41, 5.74) is 1.28. The minimum absolute atomic E-state index is 0.0533. The Hall–Kier alpha value is -1.75. The molecule has 0 atom stereocenters. The average Bonchev–Trinajstić information content (AvgIpc) is 2.54. The van der Waals surface area contributed by atoms with Crippen molar-refractivity contribution in [1.82, 2.24) is 4.57 Å². The zero-order valence-electron chi connectivity index (χ0n) is 12.6. The number of aromatic nitrogens is 1. The van der Waals surface area contributed by atoms with Gasteiger partial charge in [0.15, 0.2) is 0 Å². The summed E-state index contributed by atoms with van der Waals surface area (Å²) in [5, 5.41) is 10.9. The second-order valence-electron chi connectivity index (χ2n) is 5.10. The highest BCUT2D eigenvalue weighted by molar-refractivity contribution is 9.09. The predicted octanol–water partition coefficient (Wildman–Crippen LogP) is 3.33. The van der Waals surface area contributed by atoms with Crippen LogP contribution in [0.4, 0.5) is 0 Å². The molecule has 1 aromatic carbocycles. The lowest BCUT2D eigenvalue weighted by atomic mass is 10.1. The number of halogens is 1. The van der Waals surface area contributed by atoms with Crippen molar-refractivity contribution in [3.8, 4) is 11.5 Å². The van der Waals surface area contributed by atoms with Crippen molar-refractivity contribution in [3.05, 3.63) is 58.0 Å². The van der Waals surface area contributed by atoms with Crippen LogP contribution < -0.4 is 10.3 Å². The summed E-state index contributed by atoms with van der Waals surface area (Å²) in [6.07, 6.45) is 4.01. The average molecular weight is 366 g/mol. The smallest absolute Gasteiger partial charge is 0.257 e. The summed E-state index contributed by atoms with van der Waals surface area (Å²) >= 11 is 3.39. The molecule has 1 aromatic heterocycles. The lowest BCUT2D eigenvalue weighted by Gasteiger charge is -2.10. The van der Waals surface area contributed by atoms with Crippen LogP contribution in [0.25, 0.3) is 0 Å². The Morgan fingerprint density at radius 1 is 1.18 bits per heavy atom. The molecule has 0 bridgehead atoms. The number of ether oxygens (including phenoxy) is 1. The molecule has 0 aliphatic carbocycles. The topological polar surface area (TPSA) is 51.5 Å². The summed E-state index contributed by atoms with van der Waals surface area (Å²) in [7, 11) is 1.61. The Balaban J connectivity index is 2.21. The lowest BCUT2D eigenvalue weighted by molar-refractivity contribution is 0.414. The van der Waals surface area contributed by atoms with Crippen molar-refractivity contribution in [3.63, 3.8) is 0 Å². The summed E-state index contributed by atoms with van der Waals surface area (Å²) in [6.45, 7) is 0.667. The van der Waals surface area contributed by atoms with Crippen molar-refractivity contribution < 1.29 is 9.84 Å². The first-order valence-corrected chi connectivity index (χ1v) is 8.38. The van der Waals surface area contributed by atoms with E-state index >= 15 is 0 Å². The van der Waals surface area contributed by atoms with Crippen LogP contribution in [0.3, 0.4) is 0 Å². The van der Waals surface area contributed by atoms with E-state index in [4.69, 9.17) is 4.74 Å². The highest BCUT2D eigenvalue weighted by Crippen LogP contribution is 2.18. The van der Waals surface area contributed by atoms with Gasteiger partial charge in [-0.1, -0.05) is 28.1 Å². The number of methoxy groups -OCH3 is 1. The number of hydrogen-bond acceptors (Lipinski definition) is 3. The number of pyridine rings is 1. The molecule has 0 aliphatic heterocycles. The van der Waals surface area contributed by atoms with Crippen LogP contribution >= 0.6 is 15.9 Å². The van der Waals surface area contributed by atoms with Crippen LogP contribution in [-0.4, -0.2) is 22.1 Å². The van der Waals surface area contributed by atoms with E-state index in [1.54, 1.807) is 23.9 Å². The maximum absolute atomic E-state index is 12.5. The molecule has 1 heterocycles. The molecular formula is C17H20BrNO3. The lowest BCUT2D eigenvalue weighted by Crippen LogP contribution is -2.23. The van der Waals surface area contributed by atoms with Crippen LogP contribution in [0.1, 0.15) is 24.0 Å². The first-order valence-electron chi connectivity index (χ1n) is 7.26. The summed E-state index contributed by atoms with van der Waals surface area (Å²) in [5.74, 6) is 0.825. The van der Waals surface area contributed by atoms with Crippen LogP contribution in [0.15, 0.2) is 41.3 Å². The Morgan fingerprint density at radius 2 is 1.91 bits per heavy atom. The highest BCUT2D eigenvalue weighted by atomic mass is 79.9. The third-order valence-corrected chi connectivity index (χ3v) is 4.12. The second-order valence-corrected chi connectivity index (χ2v) is 5.89. The molecular weight excluding hydrogens is 346 g/mol. The second kappa shape index (κ2) is 8.03. The molecule has 2 rings (SSSR count). The van der Waals surface area contributed by atoms with Gasteiger partial charge in [0.2, 0.25) is 0 Å². The predicted molar refractivity (Wildman–Crippen MR) is 91.2 cm³/mol. The summed E-state index contributed by atoms with van der Waals surface area (Å²) in [4.78, 5) is 12.5. The van der Waals surface area contributed by atoms with Gasteiger partial charge in [0.05, 0.1) is 12.7 Å². The van der Waals surface area contributed by atoms with E-state index < -0.39 is 0 Å². The van der Waals surface area contributed by atoms with Gasteiger partial charge in [0.1, 0.15) is 11.5 Å². The van der Waals surface area contributed by atoms with E-state index in [1.807, 2.05) is 24.3 Å². The number of aryl methyl sites for hydroxylation is 1. The maximum atomic E-state index is 12.5.